The lowest BCUT2D eigenvalue weighted by Gasteiger charge is -2.38. The van der Waals surface area contributed by atoms with Crippen LogP contribution in [0, 0.1) is 0 Å². The third-order valence-corrected chi connectivity index (χ3v) is 7.23. The van der Waals surface area contributed by atoms with E-state index in [0.717, 1.165) is 0 Å². The largest absolute Gasteiger partial charge is 0.323 e. The van der Waals surface area contributed by atoms with Gasteiger partial charge in [-0.05, 0) is 23.3 Å². The molecule has 0 aliphatic heterocycles. The van der Waals surface area contributed by atoms with Gasteiger partial charge < -0.3 is 4.57 Å². The lowest BCUT2D eigenvalue weighted by molar-refractivity contribution is 0.459. The molecule has 0 saturated heterocycles. The summed E-state index contributed by atoms with van der Waals surface area (Å²) in [6.45, 7) is 14.0. The van der Waals surface area contributed by atoms with Crippen molar-refractivity contribution in [3.8, 4) is 0 Å². The fourth-order valence-electron chi connectivity index (χ4n) is 2.48. The van der Waals surface area contributed by atoms with Gasteiger partial charge in [0.25, 0.3) is 0 Å². The summed E-state index contributed by atoms with van der Waals surface area (Å²) in [6.07, 6.45) is 0. The first-order valence-electron chi connectivity index (χ1n) is 6.29. The van der Waals surface area contributed by atoms with Crippen molar-refractivity contribution in [2.45, 2.75) is 39.7 Å². The molecular weight excluding hydrogens is 210 g/mol. The van der Waals surface area contributed by atoms with Gasteiger partial charge >= 0.3 is 0 Å². The van der Waals surface area contributed by atoms with Crippen LogP contribution in [0.2, 0.25) is 5.04 Å². The second-order valence-corrected chi connectivity index (χ2v) is 9.33. The Hall–Kier alpha value is -0.603. The van der Waals surface area contributed by atoms with Crippen LogP contribution in [-0.2, 0) is 0 Å². The highest BCUT2D eigenvalue weighted by Crippen LogP contribution is 2.28. The summed E-state index contributed by atoms with van der Waals surface area (Å²) in [6, 6.07) is 11.1. The smallest absolute Gasteiger partial charge is 0.149 e. The molecule has 0 amide bonds. The van der Waals surface area contributed by atoms with Crippen LogP contribution in [0.25, 0.3) is 0 Å². The Bertz CT molecular complexity index is 298. The average molecular weight is 235 g/mol. The van der Waals surface area contributed by atoms with E-state index in [1.807, 2.05) is 0 Å². The molecule has 16 heavy (non-hydrogen) atoms. The van der Waals surface area contributed by atoms with Crippen molar-refractivity contribution >= 4 is 14.1 Å². The van der Waals surface area contributed by atoms with E-state index in [1.165, 1.54) is 13.1 Å². The van der Waals surface area contributed by atoms with Crippen molar-refractivity contribution in [3.63, 3.8) is 0 Å². The molecule has 0 spiro atoms. The maximum absolute atomic E-state index is 2.68. The lowest BCUT2D eigenvalue weighted by Crippen LogP contribution is -2.53. The van der Waals surface area contributed by atoms with Gasteiger partial charge in [-0.3, -0.25) is 0 Å². The monoisotopic (exact) mass is 235 g/mol. The Labute approximate surface area is 102 Å². The third kappa shape index (κ3) is 3.19. The summed E-state index contributed by atoms with van der Waals surface area (Å²) in [7, 11) is -1.06. The zero-order valence-electron chi connectivity index (χ0n) is 11.3. The first kappa shape index (κ1) is 13.5. The summed E-state index contributed by atoms with van der Waals surface area (Å²) < 4.78 is 2.68. The molecule has 0 saturated carbocycles. The maximum atomic E-state index is 2.68. The standard InChI is InChI=1S/C14H25NSi/c1-6-15(7-2)16(14(3,4)5)13-11-9-8-10-12-13/h8-12,16H,6-7H2,1-5H3. The van der Waals surface area contributed by atoms with Crippen LogP contribution in [0.15, 0.2) is 30.3 Å². The predicted molar refractivity (Wildman–Crippen MR) is 75.9 cm³/mol. The van der Waals surface area contributed by atoms with E-state index >= 15 is 0 Å². The molecule has 2 heteroatoms. The Morgan fingerprint density at radius 2 is 1.50 bits per heavy atom. The summed E-state index contributed by atoms with van der Waals surface area (Å²) in [5, 5.41) is 1.98. The zero-order chi connectivity index (χ0) is 12.2. The molecule has 0 heterocycles. The van der Waals surface area contributed by atoms with E-state index in [9.17, 15) is 0 Å². The molecule has 0 radical (unpaired) electrons. The number of nitrogens with zero attached hydrogens (tertiary/aromatic N) is 1. The van der Waals surface area contributed by atoms with Gasteiger partial charge in [-0.25, -0.2) is 0 Å². The average Bonchev–Trinajstić information content (AvgIpc) is 2.25. The fourth-order valence-corrected chi connectivity index (χ4v) is 6.32. The number of hydrogen-bond donors (Lipinski definition) is 0. The normalized spacial score (nSPS) is 14.1. The number of hydrogen-bond acceptors (Lipinski definition) is 1. The molecule has 0 aliphatic carbocycles. The molecule has 1 atom stereocenters. The molecule has 0 N–H and O–H groups in total. The zero-order valence-corrected chi connectivity index (χ0v) is 12.5. The number of rotatable bonds is 4. The van der Waals surface area contributed by atoms with E-state index in [4.69, 9.17) is 0 Å². The van der Waals surface area contributed by atoms with Crippen LogP contribution in [0.3, 0.4) is 0 Å². The van der Waals surface area contributed by atoms with Gasteiger partial charge in [0.1, 0.15) is 8.96 Å². The molecular formula is C14H25NSi. The van der Waals surface area contributed by atoms with Gasteiger partial charge in [-0.2, -0.15) is 0 Å². The van der Waals surface area contributed by atoms with Crippen LogP contribution in [-0.4, -0.2) is 26.6 Å². The molecule has 1 nitrogen and oxygen atoms in total. The van der Waals surface area contributed by atoms with E-state index in [1.54, 1.807) is 5.19 Å². The van der Waals surface area contributed by atoms with Crippen LogP contribution in [0.1, 0.15) is 34.6 Å². The Morgan fingerprint density at radius 1 is 1.00 bits per heavy atom. The van der Waals surface area contributed by atoms with Gasteiger partial charge in [-0.1, -0.05) is 65.0 Å². The second kappa shape index (κ2) is 5.64. The van der Waals surface area contributed by atoms with Gasteiger partial charge in [0.15, 0.2) is 0 Å². The molecule has 90 valence electrons. The van der Waals surface area contributed by atoms with Crippen molar-refractivity contribution < 1.29 is 0 Å². The van der Waals surface area contributed by atoms with E-state index < -0.39 is 8.96 Å². The quantitative estimate of drug-likeness (QED) is 0.725. The highest BCUT2D eigenvalue weighted by molar-refractivity contribution is 6.73. The first-order chi connectivity index (χ1) is 7.50. The molecule has 0 fully saturated rings. The Balaban J connectivity index is 3.06. The van der Waals surface area contributed by atoms with Crippen molar-refractivity contribution in [3.05, 3.63) is 30.3 Å². The van der Waals surface area contributed by atoms with Gasteiger partial charge in [0.2, 0.25) is 0 Å². The van der Waals surface area contributed by atoms with Gasteiger partial charge in [0.05, 0.1) is 0 Å². The first-order valence-corrected chi connectivity index (χ1v) is 7.96. The third-order valence-electron chi connectivity index (χ3n) is 3.11. The van der Waals surface area contributed by atoms with Crippen LogP contribution in [0.4, 0.5) is 0 Å². The van der Waals surface area contributed by atoms with E-state index in [-0.39, 0.29) is 0 Å². The summed E-state index contributed by atoms with van der Waals surface area (Å²) in [4.78, 5) is 0. The molecule has 0 bridgehead atoms. The van der Waals surface area contributed by atoms with Crippen LogP contribution in [0.5, 0.6) is 0 Å². The summed E-state index contributed by atoms with van der Waals surface area (Å²) in [5.74, 6) is 0. The van der Waals surface area contributed by atoms with Crippen molar-refractivity contribution in [1.29, 1.82) is 0 Å². The molecule has 1 aromatic rings. The van der Waals surface area contributed by atoms with E-state index in [0.29, 0.717) is 5.04 Å². The van der Waals surface area contributed by atoms with Crippen LogP contribution >= 0.6 is 0 Å². The second-order valence-electron chi connectivity index (χ2n) is 5.40. The van der Waals surface area contributed by atoms with Crippen LogP contribution < -0.4 is 5.19 Å². The molecule has 1 unspecified atom stereocenters. The molecule has 0 aromatic heterocycles. The SMILES string of the molecule is CCN(CC)[SiH](c1ccccc1)C(C)(C)C. The van der Waals surface area contributed by atoms with Gasteiger partial charge in [0, 0.05) is 0 Å². The fraction of sp³-hybridized carbons (Fsp3) is 0.571. The maximum Gasteiger partial charge on any atom is 0.149 e. The minimum absolute atomic E-state index is 0.410. The number of benzene rings is 1. The van der Waals surface area contributed by atoms with Crippen molar-refractivity contribution in [2.24, 2.45) is 0 Å². The molecule has 1 aromatic carbocycles. The Morgan fingerprint density at radius 3 is 1.88 bits per heavy atom. The highest BCUT2D eigenvalue weighted by atomic mass is 28.3. The summed E-state index contributed by atoms with van der Waals surface area (Å²) in [5.41, 5.74) is 0. The van der Waals surface area contributed by atoms with Gasteiger partial charge in [-0.15, -0.1) is 0 Å². The predicted octanol–water partition coefficient (Wildman–Crippen LogP) is 2.76. The van der Waals surface area contributed by atoms with Crippen molar-refractivity contribution in [2.75, 3.05) is 13.1 Å². The van der Waals surface area contributed by atoms with Crippen molar-refractivity contribution in [1.82, 2.24) is 4.57 Å². The minimum atomic E-state index is -1.06. The highest BCUT2D eigenvalue weighted by Gasteiger charge is 2.32. The molecule has 1 rings (SSSR count). The van der Waals surface area contributed by atoms with E-state index in [2.05, 4.69) is 69.5 Å². The Kier molecular flexibility index (Phi) is 4.75. The topological polar surface area (TPSA) is 3.24 Å². The molecule has 0 aliphatic rings. The minimum Gasteiger partial charge on any atom is -0.323 e. The summed E-state index contributed by atoms with van der Waals surface area (Å²) >= 11 is 0. The lowest BCUT2D eigenvalue weighted by atomic mass is 10.2.